The maximum Gasteiger partial charge on any atom is 0.319 e. The average Bonchev–Trinajstić information content (AvgIpc) is 2.94. The van der Waals surface area contributed by atoms with Gasteiger partial charge in [0.05, 0.1) is 23.2 Å². The Morgan fingerprint density at radius 3 is 2.67 bits per heavy atom. The summed E-state index contributed by atoms with van der Waals surface area (Å²) in [5.74, 6) is 0. The highest BCUT2D eigenvalue weighted by Crippen LogP contribution is 2.43. The number of nitrogens with one attached hydrogen (secondary N) is 2. The number of carbonyl (C=O) groups excluding carboxylic acids is 1. The van der Waals surface area contributed by atoms with E-state index < -0.39 is 0 Å². The van der Waals surface area contributed by atoms with Crippen LogP contribution >= 0.6 is 0 Å². The molecule has 2 N–H and O–H groups in total. The summed E-state index contributed by atoms with van der Waals surface area (Å²) in [6.07, 6.45) is 4.45. The first-order valence-electron chi connectivity index (χ1n) is 9.54. The van der Waals surface area contributed by atoms with Crippen LogP contribution in [0.25, 0.3) is 0 Å². The van der Waals surface area contributed by atoms with Crippen LogP contribution in [0.4, 0.5) is 10.5 Å². The van der Waals surface area contributed by atoms with E-state index in [4.69, 9.17) is 4.74 Å². The van der Waals surface area contributed by atoms with Crippen molar-refractivity contribution in [3.05, 3.63) is 47.8 Å². The minimum absolute atomic E-state index is 0.0144. The summed E-state index contributed by atoms with van der Waals surface area (Å²) < 4.78 is 7.70. The number of hydrogen-bond donors (Lipinski definition) is 2. The number of rotatable bonds is 5. The van der Waals surface area contributed by atoms with Crippen molar-refractivity contribution in [1.82, 2.24) is 15.1 Å². The monoisotopic (exact) mass is 370 g/mol. The Balaban J connectivity index is 1.65. The van der Waals surface area contributed by atoms with Crippen molar-refractivity contribution in [2.75, 3.05) is 18.5 Å². The van der Waals surface area contributed by atoms with Gasteiger partial charge in [-0.15, -0.1) is 0 Å². The number of anilines is 1. The van der Waals surface area contributed by atoms with Gasteiger partial charge in [0.25, 0.3) is 0 Å². The topological polar surface area (TPSA) is 68.2 Å². The summed E-state index contributed by atoms with van der Waals surface area (Å²) in [5, 5.41) is 10.0. The highest BCUT2D eigenvalue weighted by molar-refractivity contribution is 5.89. The number of aryl methyl sites for hydroxylation is 1. The Morgan fingerprint density at radius 1 is 1.30 bits per heavy atom. The van der Waals surface area contributed by atoms with Crippen molar-refractivity contribution in [3.8, 4) is 0 Å². The fraction of sp³-hybridized carbons (Fsp3) is 0.524. The quantitative estimate of drug-likeness (QED) is 0.842. The van der Waals surface area contributed by atoms with E-state index in [-0.39, 0.29) is 17.0 Å². The van der Waals surface area contributed by atoms with Gasteiger partial charge >= 0.3 is 6.03 Å². The van der Waals surface area contributed by atoms with Gasteiger partial charge < -0.3 is 15.4 Å². The van der Waals surface area contributed by atoms with E-state index >= 15 is 0 Å². The molecule has 146 valence electrons. The molecule has 1 aliphatic heterocycles. The van der Waals surface area contributed by atoms with E-state index in [0.717, 1.165) is 37.3 Å². The molecule has 0 saturated carbocycles. The van der Waals surface area contributed by atoms with E-state index in [1.165, 1.54) is 5.56 Å². The van der Waals surface area contributed by atoms with Gasteiger partial charge in [0.2, 0.25) is 0 Å². The lowest BCUT2D eigenvalue weighted by molar-refractivity contribution is -0.0838. The first-order chi connectivity index (χ1) is 12.8. The van der Waals surface area contributed by atoms with Crippen LogP contribution in [0.3, 0.4) is 0 Å². The number of carbonyl (C=O) groups is 1. The van der Waals surface area contributed by atoms with Crippen LogP contribution in [0.15, 0.2) is 36.5 Å². The highest BCUT2D eigenvalue weighted by atomic mass is 16.5. The molecule has 0 aliphatic carbocycles. The molecule has 1 saturated heterocycles. The normalized spacial score (nSPS) is 21.6. The second-order valence-corrected chi connectivity index (χ2v) is 8.08. The molecule has 1 atom stereocenters. The molecule has 2 amide bonds. The van der Waals surface area contributed by atoms with E-state index in [1.807, 2.05) is 20.0 Å². The number of benzene rings is 1. The zero-order valence-corrected chi connectivity index (χ0v) is 16.7. The van der Waals surface area contributed by atoms with Crippen LogP contribution in [-0.4, -0.2) is 34.6 Å². The van der Waals surface area contributed by atoms with Crippen LogP contribution in [0.2, 0.25) is 0 Å². The molecule has 1 unspecified atom stereocenters. The van der Waals surface area contributed by atoms with Gasteiger partial charge in [-0.2, -0.15) is 5.10 Å². The SMILES string of the molecule is Cc1c(NC(=O)NCCC2(c3ccccc3)CCOC(C)(C)C2)cnn1C. The van der Waals surface area contributed by atoms with Crippen LogP contribution in [0.1, 0.15) is 44.4 Å². The molecule has 0 radical (unpaired) electrons. The Morgan fingerprint density at radius 2 is 2.04 bits per heavy atom. The largest absolute Gasteiger partial charge is 0.376 e. The molecule has 6 nitrogen and oxygen atoms in total. The number of urea groups is 1. The fourth-order valence-electron chi connectivity index (χ4n) is 4.08. The first-order valence-corrected chi connectivity index (χ1v) is 9.54. The summed E-state index contributed by atoms with van der Waals surface area (Å²) in [6, 6.07) is 10.4. The van der Waals surface area contributed by atoms with Crippen molar-refractivity contribution in [3.63, 3.8) is 0 Å². The second kappa shape index (κ2) is 7.72. The van der Waals surface area contributed by atoms with Crippen LogP contribution in [0.5, 0.6) is 0 Å². The maximum atomic E-state index is 12.3. The lowest BCUT2D eigenvalue weighted by atomic mass is 9.67. The minimum Gasteiger partial charge on any atom is -0.376 e. The molecule has 2 heterocycles. The van der Waals surface area contributed by atoms with Crippen molar-refractivity contribution in [2.45, 2.75) is 51.0 Å². The number of hydrogen-bond acceptors (Lipinski definition) is 3. The molecule has 0 bridgehead atoms. The molecular weight excluding hydrogens is 340 g/mol. The molecule has 2 aromatic rings. The van der Waals surface area contributed by atoms with Crippen molar-refractivity contribution < 1.29 is 9.53 Å². The second-order valence-electron chi connectivity index (χ2n) is 8.08. The minimum atomic E-state index is -0.194. The van der Waals surface area contributed by atoms with Crippen LogP contribution < -0.4 is 10.6 Å². The number of ether oxygens (including phenoxy) is 1. The van der Waals surface area contributed by atoms with Gasteiger partial charge in [-0.05, 0) is 45.6 Å². The Labute approximate surface area is 161 Å². The van der Waals surface area contributed by atoms with Gasteiger partial charge in [-0.1, -0.05) is 30.3 Å². The fourth-order valence-corrected chi connectivity index (χ4v) is 4.08. The standard InChI is InChI=1S/C21H30N4O2/c1-16-18(14-23-25(16)4)24-19(26)22-12-10-21(17-8-6-5-7-9-17)11-13-27-20(2,3)15-21/h5-9,14H,10-13,15H2,1-4H3,(H2,22,24,26). The number of aromatic nitrogens is 2. The van der Waals surface area contributed by atoms with Crippen molar-refractivity contribution >= 4 is 11.7 Å². The van der Waals surface area contributed by atoms with Crippen LogP contribution in [-0.2, 0) is 17.2 Å². The van der Waals surface area contributed by atoms with Crippen molar-refractivity contribution in [1.29, 1.82) is 0 Å². The predicted molar refractivity (Wildman–Crippen MR) is 107 cm³/mol. The molecule has 1 aromatic carbocycles. The maximum absolute atomic E-state index is 12.3. The zero-order valence-electron chi connectivity index (χ0n) is 16.7. The first kappa shape index (κ1) is 19.4. The Bertz CT molecular complexity index is 785. The van der Waals surface area contributed by atoms with Crippen LogP contribution in [0, 0.1) is 6.92 Å². The zero-order chi connectivity index (χ0) is 19.5. The average molecular weight is 370 g/mol. The van der Waals surface area contributed by atoms with Gasteiger partial charge in [0, 0.05) is 25.6 Å². The van der Waals surface area contributed by atoms with E-state index in [1.54, 1.807) is 10.9 Å². The Hall–Kier alpha value is -2.34. The lowest BCUT2D eigenvalue weighted by Crippen LogP contribution is -2.46. The molecular formula is C21H30N4O2. The molecule has 1 aromatic heterocycles. The van der Waals surface area contributed by atoms with Crippen molar-refractivity contribution in [2.24, 2.45) is 7.05 Å². The van der Waals surface area contributed by atoms with E-state index in [9.17, 15) is 4.79 Å². The van der Waals surface area contributed by atoms with E-state index in [2.05, 4.69) is 53.8 Å². The molecule has 6 heteroatoms. The molecule has 27 heavy (non-hydrogen) atoms. The smallest absolute Gasteiger partial charge is 0.319 e. The third kappa shape index (κ3) is 4.50. The molecule has 3 rings (SSSR count). The molecule has 1 aliphatic rings. The predicted octanol–water partition coefficient (Wildman–Crippen LogP) is 3.77. The Kier molecular flexibility index (Phi) is 5.56. The summed E-state index contributed by atoms with van der Waals surface area (Å²) in [6.45, 7) is 7.57. The van der Waals surface area contributed by atoms with Gasteiger partial charge in [-0.3, -0.25) is 4.68 Å². The summed E-state index contributed by atoms with van der Waals surface area (Å²) in [7, 11) is 1.86. The lowest BCUT2D eigenvalue weighted by Gasteiger charge is -2.45. The van der Waals surface area contributed by atoms with E-state index in [0.29, 0.717) is 6.54 Å². The summed E-state index contributed by atoms with van der Waals surface area (Å²) in [4.78, 5) is 12.3. The number of amides is 2. The van der Waals surface area contributed by atoms with Gasteiger partial charge in [0.1, 0.15) is 0 Å². The molecule has 0 spiro atoms. The highest BCUT2D eigenvalue weighted by Gasteiger charge is 2.41. The molecule has 1 fully saturated rings. The third-order valence-corrected chi connectivity index (χ3v) is 5.60. The number of nitrogens with zero attached hydrogens (tertiary/aromatic N) is 2. The summed E-state index contributed by atoms with van der Waals surface area (Å²) >= 11 is 0. The third-order valence-electron chi connectivity index (χ3n) is 5.60. The van der Waals surface area contributed by atoms with Gasteiger partial charge in [-0.25, -0.2) is 4.79 Å². The summed E-state index contributed by atoms with van der Waals surface area (Å²) in [5.41, 5.74) is 2.84. The van der Waals surface area contributed by atoms with Gasteiger partial charge in [0.15, 0.2) is 0 Å².